The van der Waals surface area contributed by atoms with Crippen molar-refractivity contribution in [3.05, 3.63) is 83.0 Å². The van der Waals surface area contributed by atoms with Crippen LogP contribution in [0, 0.1) is 0 Å². The van der Waals surface area contributed by atoms with Crippen LogP contribution in [0.3, 0.4) is 0 Å². The number of hydrogen-bond donors (Lipinski definition) is 2. The normalized spacial score (nSPS) is 10.9. The Labute approximate surface area is 153 Å². The Morgan fingerprint density at radius 2 is 1.72 bits per heavy atom. The molecule has 0 spiro atoms. The Kier molecular flexibility index (Phi) is 4.15. The fourth-order valence-electron chi connectivity index (χ4n) is 2.79. The maximum Gasteiger partial charge on any atom is 0.139 e. The smallest absolute Gasteiger partial charge is 0.139 e. The number of rotatable bonds is 4. The molecular formula is C20H16BrN3O. The first-order valence-electron chi connectivity index (χ1n) is 7.95. The molecular weight excluding hydrogens is 378 g/mol. The van der Waals surface area contributed by atoms with E-state index in [1.165, 1.54) is 5.56 Å². The van der Waals surface area contributed by atoms with Gasteiger partial charge in [-0.2, -0.15) is 0 Å². The summed E-state index contributed by atoms with van der Waals surface area (Å²) in [4.78, 5) is 4.76. The van der Waals surface area contributed by atoms with Crippen molar-refractivity contribution >= 4 is 27.4 Å². The number of benzene rings is 2. The van der Waals surface area contributed by atoms with Gasteiger partial charge in [-0.05, 0) is 57.9 Å². The number of aromatic hydroxyl groups is 1. The van der Waals surface area contributed by atoms with Crippen molar-refractivity contribution in [3.8, 4) is 17.0 Å². The minimum Gasteiger partial charge on any atom is -0.508 e. The van der Waals surface area contributed by atoms with Crippen molar-refractivity contribution < 1.29 is 5.11 Å². The Morgan fingerprint density at radius 1 is 0.960 bits per heavy atom. The van der Waals surface area contributed by atoms with E-state index >= 15 is 0 Å². The average Bonchev–Trinajstić information content (AvgIpc) is 2.99. The minimum atomic E-state index is 0.244. The van der Waals surface area contributed by atoms with Gasteiger partial charge in [-0.1, -0.05) is 30.3 Å². The third-order valence-electron chi connectivity index (χ3n) is 4.03. The highest BCUT2D eigenvalue weighted by atomic mass is 79.9. The number of phenols is 1. The number of anilines is 1. The lowest BCUT2D eigenvalue weighted by atomic mass is 10.1. The van der Waals surface area contributed by atoms with E-state index in [-0.39, 0.29) is 5.75 Å². The second-order valence-corrected chi connectivity index (χ2v) is 6.69. The number of phenolic OH excluding ortho intramolecular Hbond substituents is 1. The minimum absolute atomic E-state index is 0.244. The molecule has 5 heteroatoms. The second kappa shape index (κ2) is 6.61. The molecule has 4 nitrogen and oxygen atoms in total. The average molecular weight is 394 g/mol. The van der Waals surface area contributed by atoms with Gasteiger partial charge in [0.25, 0.3) is 0 Å². The molecule has 0 aliphatic rings. The summed E-state index contributed by atoms with van der Waals surface area (Å²) in [6.07, 6.45) is 2.00. The van der Waals surface area contributed by atoms with Crippen LogP contribution in [0.5, 0.6) is 5.75 Å². The van der Waals surface area contributed by atoms with Gasteiger partial charge < -0.3 is 10.4 Å². The first kappa shape index (κ1) is 15.7. The fourth-order valence-corrected chi connectivity index (χ4v) is 3.13. The third-order valence-corrected chi connectivity index (χ3v) is 4.50. The van der Waals surface area contributed by atoms with E-state index < -0.39 is 0 Å². The van der Waals surface area contributed by atoms with Gasteiger partial charge in [0.2, 0.25) is 0 Å². The molecule has 25 heavy (non-hydrogen) atoms. The van der Waals surface area contributed by atoms with Gasteiger partial charge in [-0.25, -0.2) is 4.98 Å². The highest BCUT2D eigenvalue weighted by Gasteiger charge is 2.14. The number of nitrogens with zero attached hydrogens (tertiary/aromatic N) is 2. The zero-order valence-corrected chi connectivity index (χ0v) is 14.9. The molecule has 0 amide bonds. The van der Waals surface area contributed by atoms with E-state index in [4.69, 9.17) is 4.98 Å². The third kappa shape index (κ3) is 3.23. The monoisotopic (exact) mass is 393 g/mol. The fraction of sp³-hybridized carbons (Fsp3) is 0.0500. The van der Waals surface area contributed by atoms with Crippen LogP contribution >= 0.6 is 15.9 Å². The molecule has 0 saturated heterocycles. The molecule has 0 unspecified atom stereocenters. The van der Waals surface area contributed by atoms with E-state index in [0.717, 1.165) is 27.2 Å². The van der Waals surface area contributed by atoms with E-state index in [2.05, 4.69) is 33.4 Å². The molecule has 0 bridgehead atoms. The largest absolute Gasteiger partial charge is 0.508 e. The Morgan fingerprint density at radius 3 is 2.48 bits per heavy atom. The molecule has 2 aromatic heterocycles. The molecule has 124 valence electrons. The Balaban J connectivity index is 1.79. The molecule has 2 aromatic carbocycles. The van der Waals surface area contributed by atoms with Crippen molar-refractivity contribution in [1.29, 1.82) is 0 Å². The van der Waals surface area contributed by atoms with Crippen molar-refractivity contribution in [2.24, 2.45) is 0 Å². The summed E-state index contributed by atoms with van der Waals surface area (Å²) < 4.78 is 3.02. The lowest BCUT2D eigenvalue weighted by Crippen LogP contribution is -2.03. The molecule has 0 radical (unpaired) electrons. The number of nitrogens with one attached hydrogen (secondary N) is 1. The van der Waals surface area contributed by atoms with E-state index in [1.807, 2.05) is 53.1 Å². The topological polar surface area (TPSA) is 49.6 Å². The molecule has 2 N–H and O–H groups in total. The summed E-state index contributed by atoms with van der Waals surface area (Å²) in [6, 6.07) is 21.3. The van der Waals surface area contributed by atoms with Gasteiger partial charge >= 0.3 is 0 Å². The zero-order chi connectivity index (χ0) is 17.2. The summed E-state index contributed by atoms with van der Waals surface area (Å²) in [7, 11) is 0. The molecule has 4 rings (SSSR count). The molecule has 0 aliphatic carbocycles. The molecule has 4 aromatic rings. The lowest BCUT2D eigenvalue weighted by molar-refractivity contribution is 0.475. The van der Waals surface area contributed by atoms with Crippen molar-refractivity contribution in [2.45, 2.75) is 6.54 Å². The number of hydrogen-bond acceptors (Lipinski definition) is 3. The van der Waals surface area contributed by atoms with Crippen LogP contribution < -0.4 is 5.32 Å². The quantitative estimate of drug-likeness (QED) is 0.508. The molecule has 0 fully saturated rings. The first-order chi connectivity index (χ1) is 12.2. The summed E-state index contributed by atoms with van der Waals surface area (Å²) >= 11 is 3.53. The standard InChI is InChI=1S/C20H16BrN3O/c21-16-8-11-18-23-19(15-6-9-17(25)10-7-15)20(24(18)13-16)22-12-14-4-2-1-3-5-14/h1-11,13,22,25H,12H2. The number of fused-ring (bicyclic) bond motifs is 1. The molecule has 0 aliphatic heterocycles. The number of aromatic nitrogens is 2. The summed E-state index contributed by atoms with van der Waals surface area (Å²) in [6.45, 7) is 0.701. The van der Waals surface area contributed by atoms with Gasteiger partial charge in [0.15, 0.2) is 0 Å². The summed E-state index contributed by atoms with van der Waals surface area (Å²) in [5.74, 6) is 1.17. The Bertz CT molecular complexity index is 1010. The van der Waals surface area contributed by atoms with Crippen LogP contribution in [-0.4, -0.2) is 14.5 Å². The van der Waals surface area contributed by atoms with Crippen LogP contribution in [0.15, 0.2) is 77.4 Å². The second-order valence-electron chi connectivity index (χ2n) is 5.77. The van der Waals surface area contributed by atoms with E-state index in [9.17, 15) is 5.11 Å². The van der Waals surface area contributed by atoms with Gasteiger partial charge in [0.1, 0.15) is 22.9 Å². The predicted octanol–water partition coefficient (Wildman–Crippen LogP) is 5.08. The highest BCUT2D eigenvalue weighted by Crippen LogP contribution is 2.31. The maximum absolute atomic E-state index is 9.55. The van der Waals surface area contributed by atoms with Crippen LogP contribution in [0.1, 0.15) is 5.56 Å². The van der Waals surface area contributed by atoms with Crippen molar-refractivity contribution in [2.75, 3.05) is 5.32 Å². The Hall–Kier alpha value is -2.79. The summed E-state index contributed by atoms with van der Waals surface area (Å²) in [5.41, 5.74) is 3.87. The summed E-state index contributed by atoms with van der Waals surface area (Å²) in [5, 5.41) is 13.1. The van der Waals surface area contributed by atoms with Gasteiger partial charge in [-0.15, -0.1) is 0 Å². The van der Waals surface area contributed by atoms with Gasteiger partial charge in [-0.3, -0.25) is 4.40 Å². The van der Waals surface area contributed by atoms with Gasteiger partial charge in [0, 0.05) is 22.8 Å². The predicted molar refractivity (Wildman–Crippen MR) is 104 cm³/mol. The van der Waals surface area contributed by atoms with Crippen molar-refractivity contribution in [3.63, 3.8) is 0 Å². The van der Waals surface area contributed by atoms with Crippen molar-refractivity contribution in [1.82, 2.24) is 9.38 Å². The van der Waals surface area contributed by atoms with E-state index in [1.54, 1.807) is 12.1 Å². The number of pyridine rings is 1. The molecule has 0 saturated carbocycles. The van der Waals surface area contributed by atoms with Crippen LogP contribution in [0.25, 0.3) is 16.9 Å². The van der Waals surface area contributed by atoms with Gasteiger partial charge in [0.05, 0.1) is 0 Å². The molecule has 0 atom stereocenters. The molecule has 2 heterocycles. The number of imidazole rings is 1. The van der Waals surface area contributed by atoms with Crippen LogP contribution in [0.2, 0.25) is 0 Å². The van der Waals surface area contributed by atoms with Crippen LogP contribution in [-0.2, 0) is 6.54 Å². The number of halogens is 1. The highest BCUT2D eigenvalue weighted by molar-refractivity contribution is 9.10. The zero-order valence-electron chi connectivity index (χ0n) is 13.4. The van der Waals surface area contributed by atoms with E-state index in [0.29, 0.717) is 6.54 Å². The van der Waals surface area contributed by atoms with Crippen LogP contribution in [0.4, 0.5) is 5.82 Å². The SMILES string of the molecule is Oc1ccc(-c2nc3ccc(Br)cn3c2NCc2ccccc2)cc1. The maximum atomic E-state index is 9.55. The lowest BCUT2D eigenvalue weighted by Gasteiger charge is -2.09. The first-order valence-corrected chi connectivity index (χ1v) is 8.75.